The van der Waals surface area contributed by atoms with Crippen LogP contribution in [0.1, 0.15) is 40.5 Å². The average molecular weight is 280 g/mol. The maximum Gasteiger partial charge on any atom is 0.331 e. The van der Waals surface area contributed by atoms with E-state index in [1.165, 1.54) is 6.92 Å². The van der Waals surface area contributed by atoms with Crippen molar-refractivity contribution in [2.45, 2.75) is 46.6 Å². The lowest BCUT2D eigenvalue weighted by atomic mass is 9.97. The molecular weight excluding hydrogens is 255 g/mol. The number of Topliss-reactive ketones (excluding diaryl/α,β-unsaturated/α-hetero) is 1. The van der Waals surface area contributed by atoms with Gasteiger partial charge in [0.25, 0.3) is 0 Å². The van der Waals surface area contributed by atoms with Gasteiger partial charge in [-0.25, -0.2) is 0 Å². The minimum Gasteiger partial charge on any atom is -0.392 e. The molecule has 0 unspecified atom stereocenters. The van der Waals surface area contributed by atoms with Crippen LogP contribution in [0.2, 0.25) is 0 Å². The topological polar surface area (TPSA) is 72.8 Å². The standard InChI is InChI=1S/C12H25O5P/c1-5-8-12(14)11(10(4)13)9-18(15,16-6-2)17-7-3/h11-12,14H,5-9H2,1-4H3/t11-,12+/m0/s1. The van der Waals surface area contributed by atoms with Gasteiger partial charge < -0.3 is 14.2 Å². The summed E-state index contributed by atoms with van der Waals surface area (Å²) in [6, 6.07) is 0. The second-order valence-corrected chi connectivity index (χ2v) is 6.31. The van der Waals surface area contributed by atoms with Gasteiger partial charge in [0.1, 0.15) is 5.78 Å². The van der Waals surface area contributed by atoms with E-state index in [0.29, 0.717) is 6.42 Å². The predicted molar refractivity (Wildman–Crippen MR) is 70.8 cm³/mol. The molecule has 0 aromatic rings. The van der Waals surface area contributed by atoms with E-state index in [0.717, 1.165) is 6.42 Å². The van der Waals surface area contributed by atoms with Gasteiger partial charge in [0, 0.05) is 0 Å². The predicted octanol–water partition coefficient (Wildman–Crippen LogP) is 2.62. The third-order valence-corrected chi connectivity index (χ3v) is 4.79. The molecule has 0 aliphatic rings. The number of carbonyl (C=O) groups excluding carboxylic acids is 1. The average Bonchev–Trinajstić information content (AvgIpc) is 2.26. The molecule has 0 bridgehead atoms. The highest BCUT2D eigenvalue weighted by molar-refractivity contribution is 7.53. The Morgan fingerprint density at radius 3 is 2.06 bits per heavy atom. The summed E-state index contributed by atoms with van der Waals surface area (Å²) in [6.45, 7) is 7.27. The Morgan fingerprint density at radius 1 is 1.22 bits per heavy atom. The molecular formula is C12H25O5P. The monoisotopic (exact) mass is 280 g/mol. The van der Waals surface area contributed by atoms with E-state index in [-0.39, 0.29) is 25.2 Å². The Bertz CT molecular complexity index is 282. The van der Waals surface area contributed by atoms with E-state index in [1.54, 1.807) is 13.8 Å². The van der Waals surface area contributed by atoms with E-state index >= 15 is 0 Å². The van der Waals surface area contributed by atoms with Crippen molar-refractivity contribution in [2.24, 2.45) is 5.92 Å². The molecule has 18 heavy (non-hydrogen) atoms. The molecule has 0 aliphatic heterocycles. The summed E-state index contributed by atoms with van der Waals surface area (Å²) in [5.74, 6) is -0.871. The number of carbonyl (C=O) groups is 1. The van der Waals surface area contributed by atoms with Gasteiger partial charge in [0.2, 0.25) is 0 Å². The first-order valence-electron chi connectivity index (χ1n) is 6.46. The number of ketones is 1. The fourth-order valence-electron chi connectivity index (χ4n) is 1.80. The molecule has 0 saturated heterocycles. The fourth-order valence-corrected chi connectivity index (χ4v) is 3.85. The van der Waals surface area contributed by atoms with Crippen LogP contribution >= 0.6 is 7.60 Å². The molecule has 0 aromatic heterocycles. The summed E-state index contributed by atoms with van der Waals surface area (Å²) in [6.07, 6.45) is 0.424. The van der Waals surface area contributed by atoms with Crippen molar-refractivity contribution in [2.75, 3.05) is 19.4 Å². The lowest BCUT2D eigenvalue weighted by molar-refractivity contribution is -0.123. The lowest BCUT2D eigenvalue weighted by Crippen LogP contribution is -2.30. The van der Waals surface area contributed by atoms with Crippen LogP contribution < -0.4 is 0 Å². The van der Waals surface area contributed by atoms with Crippen LogP contribution in [0.4, 0.5) is 0 Å². The Balaban J connectivity index is 4.81. The van der Waals surface area contributed by atoms with Gasteiger partial charge in [-0.15, -0.1) is 0 Å². The largest absolute Gasteiger partial charge is 0.392 e. The Morgan fingerprint density at radius 2 is 1.72 bits per heavy atom. The molecule has 0 spiro atoms. The smallest absolute Gasteiger partial charge is 0.331 e. The van der Waals surface area contributed by atoms with Crippen molar-refractivity contribution in [3.63, 3.8) is 0 Å². The van der Waals surface area contributed by atoms with Crippen LogP contribution in [-0.2, 0) is 18.4 Å². The molecule has 0 aliphatic carbocycles. The highest BCUT2D eigenvalue weighted by Gasteiger charge is 2.34. The van der Waals surface area contributed by atoms with Crippen LogP contribution in [0.5, 0.6) is 0 Å². The van der Waals surface area contributed by atoms with Crippen LogP contribution in [0.15, 0.2) is 0 Å². The van der Waals surface area contributed by atoms with Gasteiger partial charge in [-0.1, -0.05) is 13.3 Å². The quantitative estimate of drug-likeness (QED) is 0.623. The summed E-state index contributed by atoms with van der Waals surface area (Å²) < 4.78 is 22.6. The second kappa shape index (κ2) is 8.81. The maximum atomic E-state index is 12.3. The summed E-state index contributed by atoms with van der Waals surface area (Å²) in [5, 5.41) is 9.93. The first-order chi connectivity index (χ1) is 8.40. The van der Waals surface area contributed by atoms with Gasteiger partial charge in [0.15, 0.2) is 0 Å². The minimum atomic E-state index is -3.29. The van der Waals surface area contributed by atoms with Crippen LogP contribution in [0.3, 0.4) is 0 Å². The zero-order valence-corrected chi connectivity index (χ0v) is 12.6. The molecule has 2 atom stereocenters. The third kappa shape index (κ3) is 6.10. The Labute approximate surface area is 109 Å². The fraction of sp³-hybridized carbons (Fsp3) is 0.917. The van der Waals surface area contributed by atoms with E-state index in [4.69, 9.17) is 9.05 Å². The highest BCUT2D eigenvalue weighted by atomic mass is 31.2. The minimum absolute atomic E-state index is 0.0504. The second-order valence-electron chi connectivity index (χ2n) is 4.20. The zero-order chi connectivity index (χ0) is 14.2. The maximum absolute atomic E-state index is 12.3. The van der Waals surface area contributed by atoms with Crippen molar-refractivity contribution in [3.05, 3.63) is 0 Å². The Kier molecular flexibility index (Phi) is 8.70. The number of aliphatic hydroxyl groups excluding tert-OH is 1. The molecule has 0 heterocycles. The van der Waals surface area contributed by atoms with Crippen molar-refractivity contribution >= 4 is 13.4 Å². The summed E-state index contributed by atoms with van der Waals surface area (Å²) >= 11 is 0. The van der Waals surface area contributed by atoms with Gasteiger partial charge in [0.05, 0.1) is 31.4 Å². The van der Waals surface area contributed by atoms with Crippen LogP contribution in [0, 0.1) is 5.92 Å². The molecule has 0 aromatic carbocycles. The molecule has 0 radical (unpaired) electrons. The number of hydrogen-bond acceptors (Lipinski definition) is 5. The first kappa shape index (κ1) is 17.8. The van der Waals surface area contributed by atoms with E-state index in [1.807, 2.05) is 6.92 Å². The van der Waals surface area contributed by atoms with Gasteiger partial charge >= 0.3 is 7.60 Å². The number of rotatable bonds is 10. The van der Waals surface area contributed by atoms with Crippen LogP contribution in [-0.4, -0.2) is 36.4 Å². The van der Waals surface area contributed by atoms with Crippen molar-refractivity contribution < 1.29 is 23.5 Å². The normalized spacial score (nSPS) is 15.4. The lowest BCUT2D eigenvalue weighted by Gasteiger charge is -2.24. The molecule has 108 valence electrons. The van der Waals surface area contributed by atoms with Gasteiger partial charge in [-0.2, -0.15) is 0 Å². The summed E-state index contributed by atoms with van der Waals surface area (Å²) in [7, 11) is -3.29. The van der Waals surface area contributed by atoms with Gasteiger partial charge in [-0.3, -0.25) is 9.36 Å². The zero-order valence-electron chi connectivity index (χ0n) is 11.7. The number of aliphatic hydroxyl groups is 1. The SMILES string of the molecule is CCC[C@@H](O)[C@@H](CP(=O)(OCC)OCC)C(C)=O. The first-order valence-corrected chi connectivity index (χ1v) is 8.19. The molecule has 0 fully saturated rings. The van der Waals surface area contributed by atoms with Gasteiger partial charge in [-0.05, 0) is 27.2 Å². The molecule has 0 amide bonds. The third-order valence-electron chi connectivity index (χ3n) is 2.64. The number of hydrogen-bond donors (Lipinski definition) is 1. The van der Waals surface area contributed by atoms with Crippen molar-refractivity contribution in [1.29, 1.82) is 0 Å². The van der Waals surface area contributed by atoms with E-state index < -0.39 is 19.6 Å². The van der Waals surface area contributed by atoms with E-state index in [2.05, 4.69) is 0 Å². The molecule has 0 saturated carbocycles. The van der Waals surface area contributed by atoms with E-state index in [9.17, 15) is 14.5 Å². The van der Waals surface area contributed by atoms with Crippen molar-refractivity contribution in [1.82, 2.24) is 0 Å². The highest BCUT2D eigenvalue weighted by Crippen LogP contribution is 2.50. The molecule has 0 rings (SSSR count). The Hall–Kier alpha value is -0.220. The van der Waals surface area contributed by atoms with Crippen LogP contribution in [0.25, 0.3) is 0 Å². The molecule has 6 heteroatoms. The van der Waals surface area contributed by atoms with Crippen molar-refractivity contribution in [3.8, 4) is 0 Å². The summed E-state index contributed by atoms with van der Waals surface area (Å²) in [5.41, 5.74) is 0. The molecule has 5 nitrogen and oxygen atoms in total. The summed E-state index contributed by atoms with van der Waals surface area (Å²) in [4.78, 5) is 11.6. The molecule has 1 N–H and O–H groups in total.